The van der Waals surface area contributed by atoms with E-state index in [9.17, 15) is 36.2 Å². The van der Waals surface area contributed by atoms with Gasteiger partial charge in [0.15, 0.2) is 0 Å². The highest BCUT2D eigenvalue weighted by molar-refractivity contribution is 5.93. The largest absolute Gasteiger partial charge is 0.478 e. The van der Waals surface area contributed by atoms with Gasteiger partial charge in [0.2, 0.25) is 5.95 Å². The van der Waals surface area contributed by atoms with Gasteiger partial charge in [-0.25, -0.2) is 9.78 Å². The van der Waals surface area contributed by atoms with E-state index in [4.69, 9.17) is 0 Å². The maximum absolute atomic E-state index is 13.5. The molecule has 0 bridgehead atoms. The van der Waals surface area contributed by atoms with Crippen molar-refractivity contribution in [2.75, 3.05) is 5.32 Å². The van der Waals surface area contributed by atoms with Crippen molar-refractivity contribution in [3.63, 3.8) is 0 Å². The fourth-order valence-corrected chi connectivity index (χ4v) is 3.50. The average molecular weight is 479 g/mol. The Morgan fingerprint density at radius 2 is 1.59 bits per heavy atom. The Labute approximate surface area is 188 Å². The zero-order valence-electron chi connectivity index (χ0n) is 17.1. The number of anilines is 2. The summed E-state index contributed by atoms with van der Waals surface area (Å²) in [5.74, 6) is -1.18. The Kier molecular flexibility index (Phi) is 5.72. The van der Waals surface area contributed by atoms with Crippen LogP contribution in [0.15, 0.2) is 66.7 Å². The van der Waals surface area contributed by atoms with Gasteiger partial charge in [-0.2, -0.15) is 26.3 Å². The summed E-state index contributed by atoms with van der Waals surface area (Å²) in [5, 5.41) is 12.1. The predicted octanol–water partition coefficient (Wildman–Crippen LogP) is 6.56. The number of hydrogen-bond donors (Lipinski definition) is 2. The van der Waals surface area contributed by atoms with Gasteiger partial charge in [-0.15, -0.1) is 0 Å². The first-order valence-electron chi connectivity index (χ1n) is 9.76. The van der Waals surface area contributed by atoms with Gasteiger partial charge in [0.1, 0.15) is 0 Å². The van der Waals surface area contributed by atoms with E-state index in [1.165, 1.54) is 53.1 Å². The standard InChI is InChI=1S/C23H15F6N3O2/c24-22(25,26)15-6-8-16(9-7-15)30-21-31-18-11-13(20(33)34)5-10-19(18)32(21)12-14-3-1-2-4-17(14)23(27,28)29/h1-11H,12H2,(H,30,31)(H,33,34). The Morgan fingerprint density at radius 1 is 0.912 bits per heavy atom. The number of benzene rings is 3. The Morgan fingerprint density at radius 3 is 2.21 bits per heavy atom. The molecule has 2 N–H and O–H groups in total. The Hall–Kier alpha value is -4.02. The van der Waals surface area contributed by atoms with Crippen molar-refractivity contribution in [3.8, 4) is 0 Å². The number of carboxylic acid groups (broad SMARTS) is 1. The molecule has 0 aliphatic rings. The van der Waals surface area contributed by atoms with Gasteiger partial charge >= 0.3 is 18.3 Å². The topological polar surface area (TPSA) is 67.2 Å². The number of aromatic nitrogens is 2. The maximum Gasteiger partial charge on any atom is 0.416 e. The number of alkyl halides is 6. The fourth-order valence-electron chi connectivity index (χ4n) is 3.50. The van der Waals surface area contributed by atoms with E-state index in [-0.39, 0.29) is 34.8 Å². The quantitative estimate of drug-likeness (QED) is 0.318. The minimum Gasteiger partial charge on any atom is -0.478 e. The maximum atomic E-state index is 13.5. The third kappa shape index (κ3) is 4.68. The zero-order valence-corrected chi connectivity index (χ0v) is 17.1. The zero-order chi connectivity index (χ0) is 24.7. The third-order valence-corrected chi connectivity index (χ3v) is 5.11. The number of hydrogen-bond acceptors (Lipinski definition) is 3. The second-order valence-corrected chi connectivity index (χ2v) is 7.39. The number of aromatic carboxylic acids is 1. The average Bonchev–Trinajstić information content (AvgIpc) is 3.09. The summed E-state index contributed by atoms with van der Waals surface area (Å²) in [5.41, 5.74) is -1.10. The summed E-state index contributed by atoms with van der Waals surface area (Å²) in [6.45, 7) is -0.276. The van der Waals surface area contributed by atoms with Crippen molar-refractivity contribution in [1.29, 1.82) is 0 Å². The number of imidazole rings is 1. The number of carboxylic acids is 1. The van der Waals surface area contributed by atoms with Crippen LogP contribution in [-0.2, 0) is 18.9 Å². The first kappa shape index (κ1) is 23.1. The molecule has 0 aliphatic heterocycles. The molecular formula is C23H15F6N3O2. The SMILES string of the molecule is O=C(O)c1ccc2c(c1)nc(Nc1ccc(C(F)(F)F)cc1)n2Cc1ccccc1C(F)(F)F. The summed E-state index contributed by atoms with van der Waals surface area (Å²) < 4.78 is 80.5. The van der Waals surface area contributed by atoms with Gasteiger partial charge in [-0.3, -0.25) is 0 Å². The first-order chi connectivity index (χ1) is 15.9. The number of nitrogens with zero attached hydrogens (tertiary/aromatic N) is 2. The molecular weight excluding hydrogens is 464 g/mol. The van der Waals surface area contributed by atoms with Crippen LogP contribution in [0.1, 0.15) is 27.0 Å². The number of carbonyl (C=O) groups is 1. The highest BCUT2D eigenvalue weighted by atomic mass is 19.4. The van der Waals surface area contributed by atoms with Gasteiger partial charge in [0.05, 0.1) is 34.3 Å². The predicted molar refractivity (Wildman–Crippen MR) is 112 cm³/mol. The molecule has 4 rings (SSSR count). The van der Waals surface area contributed by atoms with Gasteiger partial charge in [0, 0.05) is 5.69 Å². The molecule has 4 aromatic rings. The van der Waals surface area contributed by atoms with Crippen molar-refractivity contribution in [2.45, 2.75) is 18.9 Å². The second-order valence-electron chi connectivity index (χ2n) is 7.39. The van der Waals surface area contributed by atoms with Crippen LogP contribution in [0, 0.1) is 0 Å². The van der Waals surface area contributed by atoms with Crippen LogP contribution in [0.2, 0.25) is 0 Å². The fraction of sp³-hybridized carbons (Fsp3) is 0.130. The molecule has 0 aliphatic carbocycles. The van der Waals surface area contributed by atoms with E-state index in [2.05, 4.69) is 10.3 Å². The third-order valence-electron chi connectivity index (χ3n) is 5.11. The van der Waals surface area contributed by atoms with Crippen LogP contribution in [0.3, 0.4) is 0 Å². The van der Waals surface area contributed by atoms with Gasteiger partial charge < -0.3 is 15.0 Å². The molecule has 0 atom stereocenters. The minimum absolute atomic E-state index is 0.0364. The monoisotopic (exact) mass is 479 g/mol. The van der Waals surface area contributed by atoms with Gasteiger partial charge in [-0.05, 0) is 54.1 Å². The number of nitrogens with one attached hydrogen (secondary N) is 1. The molecule has 0 spiro atoms. The molecule has 0 unspecified atom stereocenters. The van der Waals surface area contributed by atoms with Crippen molar-refractivity contribution in [1.82, 2.24) is 9.55 Å². The Balaban J connectivity index is 1.80. The molecule has 34 heavy (non-hydrogen) atoms. The lowest BCUT2D eigenvalue weighted by Gasteiger charge is -2.16. The van der Waals surface area contributed by atoms with Crippen molar-refractivity contribution in [3.05, 3.63) is 89.0 Å². The van der Waals surface area contributed by atoms with Crippen molar-refractivity contribution in [2.24, 2.45) is 0 Å². The van der Waals surface area contributed by atoms with Crippen molar-refractivity contribution >= 4 is 28.6 Å². The number of rotatable bonds is 5. The summed E-state index contributed by atoms with van der Waals surface area (Å²) in [4.78, 5) is 15.6. The van der Waals surface area contributed by atoms with Crippen LogP contribution in [0.5, 0.6) is 0 Å². The molecule has 11 heteroatoms. The van der Waals surface area contributed by atoms with Crippen LogP contribution >= 0.6 is 0 Å². The summed E-state index contributed by atoms with van der Waals surface area (Å²) in [6, 6.07) is 13.0. The second kappa shape index (κ2) is 8.40. The van der Waals surface area contributed by atoms with Gasteiger partial charge in [-0.1, -0.05) is 18.2 Å². The van der Waals surface area contributed by atoms with E-state index in [1.54, 1.807) is 0 Å². The summed E-state index contributed by atoms with van der Waals surface area (Å²) in [7, 11) is 0. The molecule has 3 aromatic carbocycles. The van der Waals surface area contributed by atoms with Crippen LogP contribution in [0.4, 0.5) is 38.0 Å². The van der Waals surface area contributed by atoms with Crippen molar-refractivity contribution < 1.29 is 36.2 Å². The number of halogens is 6. The minimum atomic E-state index is -4.61. The first-order valence-corrected chi connectivity index (χ1v) is 9.76. The Bertz CT molecular complexity index is 1360. The van der Waals surface area contributed by atoms with E-state index in [0.29, 0.717) is 5.52 Å². The molecule has 0 fully saturated rings. The molecule has 1 aromatic heterocycles. The molecule has 5 nitrogen and oxygen atoms in total. The van der Waals surface area contributed by atoms with E-state index in [0.717, 1.165) is 18.2 Å². The molecule has 1 heterocycles. The van der Waals surface area contributed by atoms with Crippen LogP contribution in [-0.4, -0.2) is 20.6 Å². The smallest absolute Gasteiger partial charge is 0.416 e. The lowest BCUT2D eigenvalue weighted by Crippen LogP contribution is -2.13. The van der Waals surface area contributed by atoms with Gasteiger partial charge in [0.25, 0.3) is 0 Å². The number of fused-ring (bicyclic) bond motifs is 1. The van der Waals surface area contributed by atoms with E-state index >= 15 is 0 Å². The van der Waals surface area contributed by atoms with E-state index < -0.39 is 29.4 Å². The lowest BCUT2D eigenvalue weighted by atomic mass is 10.1. The molecule has 176 valence electrons. The van der Waals surface area contributed by atoms with Crippen LogP contribution < -0.4 is 5.32 Å². The van der Waals surface area contributed by atoms with E-state index in [1.807, 2.05) is 0 Å². The summed E-state index contributed by atoms with van der Waals surface area (Å²) >= 11 is 0. The normalized spacial score (nSPS) is 12.2. The molecule has 0 saturated heterocycles. The van der Waals surface area contributed by atoms with Crippen LogP contribution in [0.25, 0.3) is 11.0 Å². The highest BCUT2D eigenvalue weighted by Gasteiger charge is 2.33. The molecule has 0 radical (unpaired) electrons. The molecule has 0 amide bonds. The molecule has 0 saturated carbocycles. The lowest BCUT2D eigenvalue weighted by molar-refractivity contribution is -0.138. The highest BCUT2D eigenvalue weighted by Crippen LogP contribution is 2.34. The summed E-state index contributed by atoms with van der Waals surface area (Å²) in [6.07, 6.45) is -9.13.